The highest BCUT2D eigenvalue weighted by Crippen LogP contribution is 2.21. The molecule has 0 aliphatic heterocycles. The van der Waals surface area contributed by atoms with Crippen LogP contribution >= 0.6 is 11.8 Å². The number of nitrogens with zero attached hydrogens (tertiary/aromatic N) is 2. The van der Waals surface area contributed by atoms with E-state index in [0.29, 0.717) is 18.3 Å². The molecule has 2 aromatic rings. The van der Waals surface area contributed by atoms with Crippen LogP contribution in [0.15, 0.2) is 47.6 Å². The lowest BCUT2D eigenvalue weighted by atomic mass is 10.4. The summed E-state index contributed by atoms with van der Waals surface area (Å²) in [6.45, 7) is 3.14. The largest absolute Gasteiger partial charge is 0.337 e. The molecule has 2 rings (SSSR count). The Morgan fingerprint density at radius 2 is 2.10 bits per heavy atom. The fraction of sp³-hybridized carbons (Fsp3) is 0.333. The Labute approximate surface area is 129 Å². The molecule has 0 saturated heterocycles. The van der Waals surface area contributed by atoms with Crippen LogP contribution in [0.25, 0.3) is 0 Å². The highest BCUT2D eigenvalue weighted by molar-refractivity contribution is 8.00. The maximum absolute atomic E-state index is 11.7. The Morgan fingerprint density at radius 1 is 1.33 bits per heavy atom. The molecule has 0 saturated carbocycles. The van der Waals surface area contributed by atoms with Crippen molar-refractivity contribution in [2.75, 3.05) is 6.54 Å². The third-order valence-corrected chi connectivity index (χ3v) is 4.07. The number of imidazole rings is 1. The van der Waals surface area contributed by atoms with Crippen LogP contribution in [0.5, 0.6) is 0 Å². The number of hydrogen-bond acceptors (Lipinski definition) is 3. The van der Waals surface area contributed by atoms with E-state index in [0.717, 1.165) is 5.82 Å². The van der Waals surface area contributed by atoms with E-state index in [9.17, 15) is 4.79 Å². The van der Waals surface area contributed by atoms with Crippen LogP contribution in [0.4, 0.5) is 4.79 Å². The second kappa shape index (κ2) is 7.73. The number of hydrogen-bond donors (Lipinski definition) is 2. The SMILES string of the molecule is CC(CNC(=O)NCc1nccn1C)Sc1ccccc1. The average molecular weight is 304 g/mol. The molecule has 0 spiro atoms. The van der Waals surface area contributed by atoms with E-state index < -0.39 is 0 Å². The first kappa shape index (κ1) is 15.4. The smallest absolute Gasteiger partial charge is 0.315 e. The van der Waals surface area contributed by atoms with Crippen molar-refractivity contribution >= 4 is 17.8 Å². The van der Waals surface area contributed by atoms with Crippen molar-refractivity contribution in [2.45, 2.75) is 23.6 Å². The van der Waals surface area contributed by atoms with Crippen LogP contribution in [-0.4, -0.2) is 27.4 Å². The van der Waals surface area contributed by atoms with Gasteiger partial charge in [0.2, 0.25) is 0 Å². The minimum Gasteiger partial charge on any atom is -0.337 e. The standard InChI is InChI=1S/C15H20N4OS/c1-12(21-13-6-4-3-5-7-13)10-17-15(20)18-11-14-16-8-9-19(14)2/h3-9,12H,10-11H2,1-2H3,(H2,17,18,20). The predicted molar refractivity (Wildman–Crippen MR) is 85.2 cm³/mol. The monoisotopic (exact) mass is 304 g/mol. The van der Waals surface area contributed by atoms with Crippen molar-refractivity contribution in [2.24, 2.45) is 7.05 Å². The van der Waals surface area contributed by atoms with E-state index >= 15 is 0 Å². The van der Waals surface area contributed by atoms with Crippen LogP contribution < -0.4 is 10.6 Å². The summed E-state index contributed by atoms with van der Waals surface area (Å²) in [5, 5.41) is 5.99. The van der Waals surface area contributed by atoms with Gasteiger partial charge in [-0.25, -0.2) is 9.78 Å². The number of benzene rings is 1. The van der Waals surface area contributed by atoms with Crippen molar-refractivity contribution < 1.29 is 4.79 Å². The third kappa shape index (κ3) is 5.15. The van der Waals surface area contributed by atoms with Gasteiger partial charge in [-0.2, -0.15) is 0 Å². The molecule has 1 unspecified atom stereocenters. The lowest BCUT2D eigenvalue weighted by Gasteiger charge is -2.13. The molecule has 0 aliphatic carbocycles. The molecule has 2 N–H and O–H groups in total. The van der Waals surface area contributed by atoms with Crippen molar-refractivity contribution in [3.63, 3.8) is 0 Å². The molecule has 0 fully saturated rings. The van der Waals surface area contributed by atoms with Gasteiger partial charge in [-0.05, 0) is 12.1 Å². The van der Waals surface area contributed by atoms with Crippen molar-refractivity contribution in [3.8, 4) is 0 Å². The molecule has 1 aromatic carbocycles. The van der Waals surface area contributed by atoms with Crippen molar-refractivity contribution in [1.82, 2.24) is 20.2 Å². The van der Waals surface area contributed by atoms with Gasteiger partial charge in [0, 0.05) is 36.1 Å². The zero-order valence-corrected chi connectivity index (χ0v) is 13.1. The van der Waals surface area contributed by atoms with E-state index in [-0.39, 0.29) is 6.03 Å². The summed E-state index contributed by atoms with van der Waals surface area (Å²) < 4.78 is 1.88. The molecule has 21 heavy (non-hydrogen) atoms. The van der Waals surface area contributed by atoms with Gasteiger partial charge in [0.05, 0.1) is 6.54 Å². The summed E-state index contributed by atoms with van der Waals surface area (Å²) in [6.07, 6.45) is 3.57. The summed E-state index contributed by atoms with van der Waals surface area (Å²) in [5.74, 6) is 0.830. The van der Waals surface area contributed by atoms with Crippen LogP contribution in [0, 0.1) is 0 Å². The first-order chi connectivity index (χ1) is 10.1. The minimum absolute atomic E-state index is 0.168. The Kier molecular flexibility index (Phi) is 5.68. The quantitative estimate of drug-likeness (QED) is 0.806. The van der Waals surface area contributed by atoms with Crippen molar-refractivity contribution in [1.29, 1.82) is 0 Å². The number of amides is 2. The van der Waals surface area contributed by atoms with Gasteiger partial charge in [-0.15, -0.1) is 11.8 Å². The molecule has 0 bridgehead atoms. The van der Waals surface area contributed by atoms with E-state index in [2.05, 4.69) is 34.7 Å². The molecular weight excluding hydrogens is 284 g/mol. The molecule has 1 atom stereocenters. The van der Waals surface area contributed by atoms with Crippen LogP contribution in [0.2, 0.25) is 0 Å². The minimum atomic E-state index is -0.168. The molecule has 5 nitrogen and oxygen atoms in total. The van der Waals surface area contributed by atoms with E-state index in [1.807, 2.05) is 36.0 Å². The van der Waals surface area contributed by atoms with Crippen LogP contribution in [-0.2, 0) is 13.6 Å². The summed E-state index contributed by atoms with van der Waals surface area (Å²) in [5.41, 5.74) is 0. The Balaban J connectivity index is 1.68. The third-order valence-electron chi connectivity index (χ3n) is 2.96. The molecule has 112 valence electrons. The maximum atomic E-state index is 11.7. The van der Waals surface area contributed by atoms with E-state index in [1.165, 1.54) is 4.90 Å². The number of aryl methyl sites for hydroxylation is 1. The number of urea groups is 1. The lowest BCUT2D eigenvalue weighted by molar-refractivity contribution is 0.240. The number of aromatic nitrogens is 2. The number of nitrogens with one attached hydrogen (secondary N) is 2. The summed E-state index contributed by atoms with van der Waals surface area (Å²) in [7, 11) is 1.90. The Bertz CT molecular complexity index is 570. The number of carbonyl (C=O) groups is 1. The fourth-order valence-corrected chi connectivity index (χ4v) is 2.74. The first-order valence-electron chi connectivity index (χ1n) is 6.85. The second-order valence-corrected chi connectivity index (χ2v) is 6.27. The van der Waals surface area contributed by atoms with Crippen LogP contribution in [0.3, 0.4) is 0 Å². The van der Waals surface area contributed by atoms with Gasteiger partial charge < -0.3 is 15.2 Å². The maximum Gasteiger partial charge on any atom is 0.315 e. The molecule has 2 amide bonds. The molecule has 6 heteroatoms. The van der Waals surface area contributed by atoms with Crippen molar-refractivity contribution in [3.05, 3.63) is 48.5 Å². The summed E-state index contributed by atoms with van der Waals surface area (Å²) in [6, 6.07) is 10.0. The van der Waals surface area contributed by atoms with Gasteiger partial charge in [-0.1, -0.05) is 25.1 Å². The average Bonchev–Trinajstić information content (AvgIpc) is 2.89. The van der Waals surface area contributed by atoms with E-state index in [4.69, 9.17) is 0 Å². The second-order valence-electron chi connectivity index (χ2n) is 4.76. The van der Waals surface area contributed by atoms with Gasteiger partial charge in [-0.3, -0.25) is 0 Å². The Morgan fingerprint density at radius 3 is 2.76 bits per heavy atom. The molecule has 0 aliphatic rings. The topological polar surface area (TPSA) is 59.0 Å². The summed E-state index contributed by atoms with van der Waals surface area (Å²) >= 11 is 1.74. The lowest BCUT2D eigenvalue weighted by Crippen LogP contribution is -2.38. The molecular formula is C15H20N4OS. The first-order valence-corrected chi connectivity index (χ1v) is 7.72. The van der Waals surface area contributed by atoms with Gasteiger partial charge in [0.1, 0.15) is 5.82 Å². The van der Waals surface area contributed by atoms with E-state index in [1.54, 1.807) is 18.0 Å². The number of carbonyl (C=O) groups excluding carboxylic acids is 1. The number of rotatable bonds is 6. The Hall–Kier alpha value is -1.95. The number of thioether (sulfide) groups is 1. The zero-order chi connectivity index (χ0) is 15.1. The zero-order valence-electron chi connectivity index (χ0n) is 12.2. The molecule has 1 heterocycles. The predicted octanol–water partition coefficient (Wildman–Crippen LogP) is 2.40. The van der Waals surface area contributed by atoms with Crippen LogP contribution in [0.1, 0.15) is 12.7 Å². The molecule has 0 radical (unpaired) electrons. The molecule has 1 aromatic heterocycles. The fourth-order valence-electron chi connectivity index (χ4n) is 1.80. The van der Waals surface area contributed by atoms with Gasteiger partial charge in [0.25, 0.3) is 0 Å². The highest BCUT2D eigenvalue weighted by Gasteiger charge is 2.07. The van der Waals surface area contributed by atoms with Gasteiger partial charge >= 0.3 is 6.03 Å². The summed E-state index contributed by atoms with van der Waals surface area (Å²) in [4.78, 5) is 17.1. The van der Waals surface area contributed by atoms with Gasteiger partial charge in [0.15, 0.2) is 0 Å². The normalized spacial score (nSPS) is 11.9. The highest BCUT2D eigenvalue weighted by atomic mass is 32.2.